The molecule has 0 radical (unpaired) electrons. The summed E-state index contributed by atoms with van der Waals surface area (Å²) in [5, 5.41) is 6.12. The first-order chi connectivity index (χ1) is 10.9. The Labute approximate surface area is 158 Å². The van der Waals surface area contributed by atoms with Crippen molar-refractivity contribution in [1.29, 1.82) is 0 Å². The summed E-state index contributed by atoms with van der Waals surface area (Å²) in [6.07, 6.45) is -4.26. The van der Waals surface area contributed by atoms with Crippen molar-refractivity contribution in [2.75, 3.05) is 20.2 Å². The number of nitrogens with one attached hydrogen (secondary N) is 2. The molecule has 0 atom stereocenters. The van der Waals surface area contributed by atoms with Crippen LogP contribution in [0.2, 0.25) is 0 Å². The zero-order chi connectivity index (χ0) is 17.1. The first-order valence-corrected chi connectivity index (χ1v) is 7.66. The number of hydrogen-bond donors (Lipinski definition) is 2. The monoisotopic (exact) mass is 459 g/mol. The molecule has 0 saturated heterocycles. The van der Waals surface area contributed by atoms with Crippen molar-refractivity contribution in [1.82, 2.24) is 10.6 Å². The molecule has 24 heavy (non-hydrogen) atoms. The van der Waals surface area contributed by atoms with Crippen LogP contribution in [0, 0.1) is 0 Å². The van der Waals surface area contributed by atoms with Gasteiger partial charge in [0.05, 0.1) is 13.7 Å². The summed E-state index contributed by atoms with van der Waals surface area (Å²) in [5.74, 6) is 1.37. The molecule has 0 amide bonds. The fraction of sp³-hybridized carbons (Fsp3) is 0.562. The van der Waals surface area contributed by atoms with Gasteiger partial charge in [0.2, 0.25) is 0 Å². The molecule has 0 aromatic heterocycles. The quantitative estimate of drug-likeness (QED) is 0.266. The van der Waals surface area contributed by atoms with E-state index in [-0.39, 0.29) is 30.4 Å². The molecular formula is C16H25F3IN3O. The van der Waals surface area contributed by atoms with Crippen LogP contribution in [0.25, 0.3) is 0 Å². The van der Waals surface area contributed by atoms with Crippen LogP contribution in [0.15, 0.2) is 29.3 Å². The molecule has 0 heterocycles. The van der Waals surface area contributed by atoms with E-state index in [0.29, 0.717) is 32.0 Å². The Hall–Kier alpha value is -1.19. The number of halogens is 4. The first-order valence-electron chi connectivity index (χ1n) is 7.66. The highest BCUT2D eigenvalue weighted by Gasteiger charge is 2.25. The average molecular weight is 459 g/mol. The normalized spacial score (nSPS) is 11.6. The van der Waals surface area contributed by atoms with Crippen molar-refractivity contribution in [3.63, 3.8) is 0 Å². The summed E-state index contributed by atoms with van der Waals surface area (Å²) in [6, 6.07) is 7.59. The van der Waals surface area contributed by atoms with E-state index >= 15 is 0 Å². The van der Waals surface area contributed by atoms with E-state index in [1.807, 2.05) is 31.2 Å². The third kappa shape index (κ3) is 10.6. The molecule has 0 aliphatic carbocycles. The lowest BCUT2D eigenvalue weighted by Crippen LogP contribution is -2.37. The number of benzene rings is 1. The number of methoxy groups -OCH3 is 1. The summed E-state index contributed by atoms with van der Waals surface area (Å²) in [4.78, 5) is 4.42. The van der Waals surface area contributed by atoms with Gasteiger partial charge in [-0.05, 0) is 37.5 Å². The van der Waals surface area contributed by atoms with Crippen LogP contribution < -0.4 is 15.4 Å². The smallest absolute Gasteiger partial charge is 0.389 e. The van der Waals surface area contributed by atoms with E-state index in [1.54, 1.807) is 7.11 Å². The van der Waals surface area contributed by atoms with Gasteiger partial charge in [0, 0.05) is 19.5 Å². The maximum atomic E-state index is 12.1. The van der Waals surface area contributed by atoms with E-state index in [1.165, 1.54) is 0 Å². The second kappa shape index (κ2) is 12.2. The SMILES string of the molecule is CCNC(=NCc1cccc(OC)c1)NCCCCC(F)(F)F.I. The molecule has 0 spiro atoms. The molecule has 1 aromatic rings. The zero-order valence-corrected chi connectivity index (χ0v) is 16.3. The van der Waals surface area contributed by atoms with E-state index in [2.05, 4.69) is 15.6 Å². The third-order valence-electron chi connectivity index (χ3n) is 3.08. The lowest BCUT2D eigenvalue weighted by molar-refractivity contribution is -0.135. The van der Waals surface area contributed by atoms with Crippen LogP contribution in [0.5, 0.6) is 5.75 Å². The maximum absolute atomic E-state index is 12.1. The van der Waals surface area contributed by atoms with Crippen LogP contribution in [0.4, 0.5) is 13.2 Å². The van der Waals surface area contributed by atoms with E-state index < -0.39 is 12.6 Å². The summed E-state index contributed by atoms with van der Waals surface area (Å²) in [7, 11) is 1.61. The predicted octanol–water partition coefficient (Wildman–Crippen LogP) is 4.10. The van der Waals surface area contributed by atoms with Crippen LogP contribution in [-0.2, 0) is 6.54 Å². The molecule has 0 bridgehead atoms. The van der Waals surface area contributed by atoms with Crippen LogP contribution >= 0.6 is 24.0 Å². The Bertz CT molecular complexity index is 496. The lowest BCUT2D eigenvalue weighted by atomic mass is 10.2. The Morgan fingerprint density at radius 1 is 1.21 bits per heavy atom. The molecule has 0 fully saturated rings. The van der Waals surface area contributed by atoms with Gasteiger partial charge in [0.25, 0.3) is 0 Å². The van der Waals surface area contributed by atoms with Crippen molar-refractivity contribution in [3.05, 3.63) is 29.8 Å². The number of nitrogens with zero attached hydrogens (tertiary/aromatic N) is 1. The molecule has 0 unspecified atom stereocenters. The Morgan fingerprint density at radius 3 is 2.58 bits per heavy atom. The van der Waals surface area contributed by atoms with Crippen molar-refractivity contribution in [2.45, 2.75) is 38.9 Å². The maximum Gasteiger partial charge on any atom is 0.389 e. The molecule has 0 saturated carbocycles. The van der Waals surface area contributed by atoms with Gasteiger partial charge < -0.3 is 15.4 Å². The van der Waals surface area contributed by atoms with Gasteiger partial charge >= 0.3 is 6.18 Å². The summed E-state index contributed by atoms with van der Waals surface area (Å²) in [6.45, 7) is 3.55. The van der Waals surface area contributed by atoms with Crippen molar-refractivity contribution < 1.29 is 17.9 Å². The second-order valence-electron chi connectivity index (χ2n) is 5.05. The summed E-state index contributed by atoms with van der Waals surface area (Å²) < 4.78 is 41.4. The minimum atomic E-state index is -4.08. The fourth-order valence-electron chi connectivity index (χ4n) is 1.94. The molecule has 1 aromatic carbocycles. The van der Waals surface area contributed by atoms with E-state index in [9.17, 15) is 13.2 Å². The highest BCUT2D eigenvalue weighted by molar-refractivity contribution is 14.0. The number of unbranched alkanes of at least 4 members (excludes halogenated alkanes) is 1. The van der Waals surface area contributed by atoms with E-state index in [4.69, 9.17) is 4.74 Å². The van der Waals surface area contributed by atoms with Gasteiger partial charge in [-0.25, -0.2) is 4.99 Å². The van der Waals surface area contributed by atoms with Gasteiger partial charge in [0.15, 0.2) is 5.96 Å². The fourth-order valence-corrected chi connectivity index (χ4v) is 1.94. The third-order valence-corrected chi connectivity index (χ3v) is 3.08. The van der Waals surface area contributed by atoms with Crippen molar-refractivity contribution in [2.24, 2.45) is 4.99 Å². The van der Waals surface area contributed by atoms with E-state index in [0.717, 1.165) is 11.3 Å². The number of hydrogen-bond acceptors (Lipinski definition) is 2. The van der Waals surface area contributed by atoms with Gasteiger partial charge in [-0.2, -0.15) is 13.2 Å². The largest absolute Gasteiger partial charge is 0.497 e. The highest BCUT2D eigenvalue weighted by atomic mass is 127. The Morgan fingerprint density at radius 2 is 1.96 bits per heavy atom. The number of alkyl halides is 3. The molecular weight excluding hydrogens is 434 g/mol. The highest BCUT2D eigenvalue weighted by Crippen LogP contribution is 2.21. The zero-order valence-electron chi connectivity index (χ0n) is 13.9. The summed E-state index contributed by atoms with van der Waals surface area (Å²) >= 11 is 0. The van der Waals surface area contributed by atoms with Crippen LogP contribution in [-0.4, -0.2) is 32.3 Å². The number of guanidine groups is 1. The van der Waals surface area contributed by atoms with Gasteiger partial charge in [-0.3, -0.25) is 0 Å². The number of rotatable bonds is 8. The second-order valence-corrected chi connectivity index (χ2v) is 5.05. The standard InChI is InChI=1S/C16H24F3N3O.HI/c1-3-20-15(21-10-5-4-9-16(17,18)19)22-12-13-7-6-8-14(11-13)23-2;/h6-8,11H,3-5,9-10,12H2,1-2H3,(H2,20,21,22);1H. The molecule has 4 nitrogen and oxygen atoms in total. The van der Waals surface area contributed by atoms with Gasteiger partial charge in [-0.1, -0.05) is 12.1 Å². The molecule has 8 heteroatoms. The van der Waals surface area contributed by atoms with Gasteiger partial charge in [-0.15, -0.1) is 24.0 Å². The minimum absolute atomic E-state index is 0. The van der Waals surface area contributed by atoms with Gasteiger partial charge in [0.1, 0.15) is 5.75 Å². The minimum Gasteiger partial charge on any atom is -0.497 e. The molecule has 0 aliphatic rings. The molecule has 0 aliphatic heterocycles. The molecule has 138 valence electrons. The first kappa shape index (κ1) is 22.8. The lowest BCUT2D eigenvalue weighted by Gasteiger charge is -2.12. The molecule has 1 rings (SSSR count). The van der Waals surface area contributed by atoms with Crippen LogP contribution in [0.1, 0.15) is 31.7 Å². The Kier molecular flexibility index (Phi) is 11.6. The number of aliphatic imine (C=N–C) groups is 1. The van der Waals surface area contributed by atoms with Crippen LogP contribution in [0.3, 0.4) is 0 Å². The predicted molar refractivity (Wildman–Crippen MR) is 101 cm³/mol. The summed E-state index contributed by atoms with van der Waals surface area (Å²) in [5.41, 5.74) is 0.999. The van der Waals surface area contributed by atoms with Crippen molar-refractivity contribution in [3.8, 4) is 5.75 Å². The topological polar surface area (TPSA) is 45.7 Å². The van der Waals surface area contributed by atoms with Crippen molar-refractivity contribution >= 4 is 29.9 Å². The molecule has 2 N–H and O–H groups in total. The number of ether oxygens (including phenoxy) is 1. The average Bonchev–Trinajstić information content (AvgIpc) is 2.51. The Balaban J connectivity index is 0.00000529.